The van der Waals surface area contributed by atoms with Gasteiger partial charge in [-0.1, -0.05) is 12.1 Å². The normalized spacial score (nSPS) is 31.8. The third-order valence-electron chi connectivity index (χ3n) is 4.43. The standard InChI is InChI=1S/C15H20FNO/c1-17-13-5-6-14(17)9-15(8-13)18-10-11-3-2-4-12(16)7-11/h2-4,7,13-15H,5-6,8-10H2,1H3/t13-,14+,15+. The number of halogens is 1. The van der Waals surface area contributed by atoms with Gasteiger partial charge in [0.1, 0.15) is 5.82 Å². The summed E-state index contributed by atoms with van der Waals surface area (Å²) in [4.78, 5) is 2.50. The van der Waals surface area contributed by atoms with E-state index in [0.717, 1.165) is 18.4 Å². The van der Waals surface area contributed by atoms with Crippen molar-refractivity contribution in [2.75, 3.05) is 7.05 Å². The highest BCUT2D eigenvalue weighted by atomic mass is 19.1. The number of fused-ring (bicyclic) bond motifs is 2. The van der Waals surface area contributed by atoms with E-state index in [1.807, 2.05) is 6.07 Å². The molecule has 0 amide bonds. The van der Waals surface area contributed by atoms with Crippen LogP contribution < -0.4 is 0 Å². The van der Waals surface area contributed by atoms with Crippen LogP contribution in [-0.4, -0.2) is 30.1 Å². The first-order valence-electron chi connectivity index (χ1n) is 6.80. The van der Waals surface area contributed by atoms with Gasteiger partial charge in [-0.2, -0.15) is 0 Å². The molecular formula is C15H20FNO. The van der Waals surface area contributed by atoms with Crippen molar-refractivity contribution in [3.63, 3.8) is 0 Å². The highest BCUT2D eigenvalue weighted by Crippen LogP contribution is 2.35. The molecule has 0 spiro atoms. The minimum atomic E-state index is -0.181. The van der Waals surface area contributed by atoms with Crippen LogP contribution in [0, 0.1) is 5.82 Å². The van der Waals surface area contributed by atoms with Crippen molar-refractivity contribution in [1.29, 1.82) is 0 Å². The molecule has 3 heteroatoms. The summed E-state index contributed by atoms with van der Waals surface area (Å²) < 4.78 is 19.0. The molecule has 3 rings (SSSR count). The summed E-state index contributed by atoms with van der Waals surface area (Å²) in [6, 6.07) is 8.09. The summed E-state index contributed by atoms with van der Waals surface area (Å²) in [5.41, 5.74) is 0.932. The Bertz CT molecular complexity index is 409. The van der Waals surface area contributed by atoms with Gasteiger partial charge in [-0.05, 0) is 50.4 Å². The Morgan fingerprint density at radius 1 is 1.28 bits per heavy atom. The fraction of sp³-hybridized carbons (Fsp3) is 0.600. The highest BCUT2D eigenvalue weighted by Gasteiger charge is 2.38. The van der Waals surface area contributed by atoms with E-state index in [0.29, 0.717) is 24.8 Å². The maximum absolute atomic E-state index is 13.1. The predicted molar refractivity (Wildman–Crippen MR) is 68.8 cm³/mol. The maximum Gasteiger partial charge on any atom is 0.123 e. The van der Waals surface area contributed by atoms with Crippen molar-refractivity contribution < 1.29 is 9.13 Å². The maximum atomic E-state index is 13.1. The van der Waals surface area contributed by atoms with Crippen LogP contribution >= 0.6 is 0 Å². The van der Waals surface area contributed by atoms with Crippen LogP contribution in [0.4, 0.5) is 4.39 Å². The van der Waals surface area contributed by atoms with Gasteiger partial charge < -0.3 is 9.64 Å². The van der Waals surface area contributed by atoms with Crippen LogP contribution in [-0.2, 0) is 11.3 Å². The summed E-state index contributed by atoms with van der Waals surface area (Å²) in [5, 5.41) is 0. The van der Waals surface area contributed by atoms with Gasteiger partial charge in [0.05, 0.1) is 12.7 Å². The summed E-state index contributed by atoms with van der Waals surface area (Å²) in [5.74, 6) is -0.181. The van der Waals surface area contributed by atoms with Gasteiger partial charge in [0.2, 0.25) is 0 Å². The van der Waals surface area contributed by atoms with E-state index >= 15 is 0 Å². The molecule has 0 aliphatic carbocycles. The zero-order valence-corrected chi connectivity index (χ0v) is 10.8. The summed E-state index contributed by atoms with van der Waals surface area (Å²) in [7, 11) is 2.23. The molecule has 0 saturated carbocycles. The zero-order chi connectivity index (χ0) is 12.5. The van der Waals surface area contributed by atoms with Crippen LogP contribution in [0.5, 0.6) is 0 Å². The van der Waals surface area contributed by atoms with E-state index in [1.54, 1.807) is 12.1 Å². The number of nitrogens with zero attached hydrogens (tertiary/aromatic N) is 1. The van der Waals surface area contributed by atoms with E-state index in [1.165, 1.54) is 18.9 Å². The average molecular weight is 249 g/mol. The topological polar surface area (TPSA) is 12.5 Å². The second-order valence-corrected chi connectivity index (χ2v) is 5.58. The van der Waals surface area contributed by atoms with Crippen molar-refractivity contribution in [2.24, 2.45) is 0 Å². The number of rotatable bonds is 3. The monoisotopic (exact) mass is 249 g/mol. The number of ether oxygens (including phenoxy) is 1. The Kier molecular flexibility index (Phi) is 3.35. The Balaban J connectivity index is 1.55. The first-order valence-corrected chi connectivity index (χ1v) is 6.80. The molecule has 2 nitrogen and oxygen atoms in total. The van der Waals surface area contributed by atoms with Crippen LogP contribution in [0.3, 0.4) is 0 Å². The predicted octanol–water partition coefficient (Wildman–Crippen LogP) is 2.97. The molecule has 18 heavy (non-hydrogen) atoms. The molecule has 2 fully saturated rings. The number of hydrogen-bond acceptors (Lipinski definition) is 2. The Morgan fingerprint density at radius 2 is 2.00 bits per heavy atom. The van der Waals surface area contributed by atoms with Crippen molar-refractivity contribution in [1.82, 2.24) is 4.90 Å². The third kappa shape index (κ3) is 2.43. The van der Waals surface area contributed by atoms with Gasteiger partial charge in [-0.25, -0.2) is 4.39 Å². The number of piperidine rings is 1. The highest BCUT2D eigenvalue weighted by molar-refractivity contribution is 5.15. The van der Waals surface area contributed by atoms with Gasteiger partial charge in [0.15, 0.2) is 0 Å². The molecule has 0 N–H and O–H groups in total. The van der Waals surface area contributed by atoms with Gasteiger partial charge in [0.25, 0.3) is 0 Å². The van der Waals surface area contributed by atoms with E-state index in [4.69, 9.17) is 4.74 Å². The second kappa shape index (κ2) is 4.98. The smallest absolute Gasteiger partial charge is 0.123 e. The molecule has 0 unspecified atom stereocenters. The lowest BCUT2D eigenvalue weighted by Gasteiger charge is -2.36. The van der Waals surface area contributed by atoms with Gasteiger partial charge in [-0.15, -0.1) is 0 Å². The molecule has 2 heterocycles. The molecule has 1 aromatic carbocycles. The van der Waals surface area contributed by atoms with E-state index in [-0.39, 0.29) is 5.82 Å². The lowest BCUT2D eigenvalue weighted by atomic mass is 10.0. The van der Waals surface area contributed by atoms with Gasteiger partial charge >= 0.3 is 0 Å². The van der Waals surface area contributed by atoms with Crippen LogP contribution in [0.2, 0.25) is 0 Å². The molecule has 2 bridgehead atoms. The zero-order valence-electron chi connectivity index (χ0n) is 10.8. The quantitative estimate of drug-likeness (QED) is 0.816. The summed E-state index contributed by atoms with van der Waals surface area (Å²) in [6.45, 7) is 0.533. The SMILES string of the molecule is CN1[C@@H]2CC[C@H]1C[C@@H](OCc1cccc(F)c1)C2. The molecule has 0 radical (unpaired) electrons. The molecule has 2 aliphatic rings. The molecular weight excluding hydrogens is 229 g/mol. The molecule has 0 aromatic heterocycles. The summed E-state index contributed by atoms with van der Waals surface area (Å²) >= 11 is 0. The minimum Gasteiger partial charge on any atom is -0.373 e. The van der Waals surface area contributed by atoms with Crippen molar-refractivity contribution in [3.8, 4) is 0 Å². The Labute approximate surface area is 108 Å². The number of hydrogen-bond donors (Lipinski definition) is 0. The van der Waals surface area contributed by atoms with Gasteiger partial charge in [0, 0.05) is 12.1 Å². The van der Waals surface area contributed by atoms with Crippen molar-refractivity contribution >= 4 is 0 Å². The molecule has 98 valence electrons. The first-order chi connectivity index (χ1) is 8.72. The van der Waals surface area contributed by atoms with Crippen LogP contribution in [0.15, 0.2) is 24.3 Å². The minimum absolute atomic E-state index is 0.181. The molecule has 3 atom stereocenters. The fourth-order valence-corrected chi connectivity index (χ4v) is 3.34. The van der Waals surface area contributed by atoms with E-state index in [2.05, 4.69) is 11.9 Å². The lowest BCUT2D eigenvalue weighted by Crippen LogP contribution is -2.42. The Hall–Kier alpha value is -0.930. The molecule has 1 aromatic rings. The van der Waals surface area contributed by atoms with E-state index < -0.39 is 0 Å². The third-order valence-corrected chi connectivity index (χ3v) is 4.43. The Morgan fingerprint density at radius 3 is 2.67 bits per heavy atom. The molecule has 2 aliphatic heterocycles. The van der Waals surface area contributed by atoms with Crippen molar-refractivity contribution in [3.05, 3.63) is 35.6 Å². The summed E-state index contributed by atoms with van der Waals surface area (Å²) in [6.07, 6.45) is 5.22. The van der Waals surface area contributed by atoms with Crippen molar-refractivity contribution in [2.45, 2.75) is 50.5 Å². The largest absolute Gasteiger partial charge is 0.373 e. The molecule has 2 saturated heterocycles. The average Bonchev–Trinajstić information content (AvgIpc) is 2.60. The van der Waals surface area contributed by atoms with E-state index in [9.17, 15) is 4.39 Å². The van der Waals surface area contributed by atoms with Gasteiger partial charge in [-0.3, -0.25) is 0 Å². The van der Waals surface area contributed by atoms with Crippen LogP contribution in [0.1, 0.15) is 31.2 Å². The lowest BCUT2D eigenvalue weighted by molar-refractivity contribution is -0.0212. The first kappa shape index (κ1) is 12.1. The second-order valence-electron chi connectivity index (χ2n) is 5.58. The fourth-order valence-electron chi connectivity index (χ4n) is 3.34. The van der Waals surface area contributed by atoms with Crippen LogP contribution in [0.25, 0.3) is 0 Å². The number of benzene rings is 1.